The van der Waals surface area contributed by atoms with Crippen LogP contribution in [0.5, 0.6) is 0 Å². The van der Waals surface area contributed by atoms with Crippen LogP contribution in [-0.2, 0) is 20.8 Å². The molecule has 8 nitrogen and oxygen atoms in total. The fourth-order valence-corrected chi connectivity index (χ4v) is 2.99. The van der Waals surface area contributed by atoms with E-state index in [9.17, 15) is 14.4 Å². The second-order valence-electron chi connectivity index (χ2n) is 7.43. The van der Waals surface area contributed by atoms with E-state index in [4.69, 9.17) is 10.8 Å². The van der Waals surface area contributed by atoms with Gasteiger partial charge in [-0.2, -0.15) is 0 Å². The van der Waals surface area contributed by atoms with Gasteiger partial charge in [0.2, 0.25) is 11.8 Å². The van der Waals surface area contributed by atoms with Crippen molar-refractivity contribution in [1.82, 2.24) is 15.6 Å². The highest BCUT2D eigenvalue weighted by atomic mass is 16.4. The van der Waals surface area contributed by atoms with Crippen molar-refractivity contribution in [3.05, 3.63) is 36.0 Å². The lowest BCUT2D eigenvalue weighted by atomic mass is 10.0. The highest BCUT2D eigenvalue weighted by Gasteiger charge is 2.27. The van der Waals surface area contributed by atoms with Crippen LogP contribution in [-0.4, -0.2) is 46.0 Å². The van der Waals surface area contributed by atoms with Crippen molar-refractivity contribution in [1.29, 1.82) is 0 Å². The van der Waals surface area contributed by atoms with E-state index in [1.165, 1.54) is 6.92 Å². The molecule has 0 saturated heterocycles. The van der Waals surface area contributed by atoms with E-state index in [2.05, 4.69) is 15.6 Å². The maximum atomic E-state index is 12.6. The van der Waals surface area contributed by atoms with E-state index in [0.29, 0.717) is 12.8 Å². The molecule has 2 aromatic rings. The number of aromatic nitrogens is 1. The van der Waals surface area contributed by atoms with Crippen LogP contribution in [0.4, 0.5) is 0 Å². The monoisotopic (exact) mass is 388 g/mol. The van der Waals surface area contributed by atoms with Gasteiger partial charge in [-0.3, -0.25) is 14.4 Å². The molecule has 0 fully saturated rings. The molecule has 2 amide bonds. The number of hydrogen-bond acceptors (Lipinski definition) is 4. The number of aliphatic carboxylic acids is 1. The number of benzene rings is 1. The first-order chi connectivity index (χ1) is 13.2. The number of H-pyrrole nitrogens is 1. The first-order valence-electron chi connectivity index (χ1n) is 9.33. The van der Waals surface area contributed by atoms with Gasteiger partial charge in [-0.15, -0.1) is 0 Å². The molecule has 0 aliphatic carbocycles. The number of carboxylic acids is 1. The zero-order valence-electron chi connectivity index (χ0n) is 16.4. The van der Waals surface area contributed by atoms with E-state index >= 15 is 0 Å². The number of amides is 2. The molecule has 8 heteroatoms. The summed E-state index contributed by atoms with van der Waals surface area (Å²) in [5, 5.41) is 15.0. The van der Waals surface area contributed by atoms with Crippen LogP contribution in [0.1, 0.15) is 32.8 Å². The third kappa shape index (κ3) is 5.56. The van der Waals surface area contributed by atoms with Gasteiger partial charge < -0.3 is 26.5 Å². The number of fused-ring (bicyclic) bond motifs is 1. The third-order valence-electron chi connectivity index (χ3n) is 4.52. The largest absolute Gasteiger partial charge is 0.480 e. The molecule has 0 spiro atoms. The van der Waals surface area contributed by atoms with E-state index in [1.54, 1.807) is 0 Å². The number of para-hydroxylation sites is 1. The normalized spacial score (nSPS) is 14.5. The molecule has 0 aliphatic heterocycles. The Kier molecular flexibility index (Phi) is 7.17. The van der Waals surface area contributed by atoms with Gasteiger partial charge in [0.25, 0.3) is 0 Å². The van der Waals surface area contributed by atoms with Crippen molar-refractivity contribution in [2.24, 2.45) is 11.7 Å². The number of carboxylic acid groups (broad SMARTS) is 1. The average Bonchev–Trinajstić information content (AvgIpc) is 3.03. The second kappa shape index (κ2) is 9.36. The van der Waals surface area contributed by atoms with Gasteiger partial charge in [-0.25, -0.2) is 0 Å². The molecular weight excluding hydrogens is 360 g/mol. The summed E-state index contributed by atoms with van der Waals surface area (Å²) >= 11 is 0. The van der Waals surface area contributed by atoms with Gasteiger partial charge in [-0.1, -0.05) is 32.0 Å². The van der Waals surface area contributed by atoms with Gasteiger partial charge in [0.05, 0.1) is 6.04 Å². The van der Waals surface area contributed by atoms with E-state index in [-0.39, 0.29) is 5.92 Å². The number of carbonyl (C=O) groups excluding carboxylic acids is 2. The molecule has 28 heavy (non-hydrogen) atoms. The molecular formula is C20H28N4O4. The average molecular weight is 388 g/mol. The minimum Gasteiger partial charge on any atom is -0.480 e. The summed E-state index contributed by atoms with van der Waals surface area (Å²) in [6.45, 7) is 5.20. The van der Waals surface area contributed by atoms with E-state index in [0.717, 1.165) is 16.5 Å². The Labute approximate surface area is 163 Å². The topological polar surface area (TPSA) is 137 Å². The van der Waals surface area contributed by atoms with Crippen molar-refractivity contribution in [3.63, 3.8) is 0 Å². The van der Waals surface area contributed by atoms with E-state index in [1.807, 2.05) is 44.3 Å². The molecule has 1 heterocycles. The maximum absolute atomic E-state index is 12.6. The Morgan fingerprint density at radius 3 is 2.43 bits per heavy atom. The summed E-state index contributed by atoms with van der Waals surface area (Å²) in [5.41, 5.74) is 7.96. The number of nitrogens with two attached hydrogens (primary N) is 1. The fourth-order valence-electron chi connectivity index (χ4n) is 2.99. The molecule has 152 valence electrons. The third-order valence-corrected chi connectivity index (χ3v) is 4.52. The molecule has 0 radical (unpaired) electrons. The summed E-state index contributed by atoms with van der Waals surface area (Å²) in [5.74, 6) is -2.00. The van der Waals surface area contributed by atoms with Crippen molar-refractivity contribution in [2.75, 3.05) is 0 Å². The Bertz CT molecular complexity index is 846. The summed E-state index contributed by atoms with van der Waals surface area (Å²) in [6.07, 6.45) is 2.52. The van der Waals surface area contributed by atoms with Crippen molar-refractivity contribution < 1.29 is 19.5 Å². The Morgan fingerprint density at radius 1 is 1.11 bits per heavy atom. The number of aromatic amines is 1. The Balaban J connectivity index is 2.04. The Morgan fingerprint density at radius 2 is 1.79 bits per heavy atom. The first kappa shape index (κ1) is 21.4. The highest BCUT2D eigenvalue weighted by molar-refractivity contribution is 5.92. The highest BCUT2D eigenvalue weighted by Crippen LogP contribution is 2.18. The minimum absolute atomic E-state index is 0.126. The first-order valence-corrected chi connectivity index (χ1v) is 9.33. The van der Waals surface area contributed by atoms with Gasteiger partial charge in [-0.05, 0) is 37.3 Å². The molecule has 2 rings (SSSR count). The lowest BCUT2D eigenvalue weighted by molar-refractivity contribution is -0.141. The maximum Gasteiger partial charge on any atom is 0.325 e. The summed E-state index contributed by atoms with van der Waals surface area (Å²) in [7, 11) is 0. The van der Waals surface area contributed by atoms with Crippen LogP contribution >= 0.6 is 0 Å². The minimum atomic E-state index is -1.14. The van der Waals surface area contributed by atoms with Crippen LogP contribution in [0, 0.1) is 5.92 Å². The van der Waals surface area contributed by atoms with Gasteiger partial charge in [0, 0.05) is 17.1 Å². The molecule has 0 unspecified atom stereocenters. The van der Waals surface area contributed by atoms with E-state index < -0.39 is 35.9 Å². The zero-order valence-corrected chi connectivity index (χ0v) is 16.4. The van der Waals surface area contributed by atoms with Gasteiger partial charge >= 0.3 is 5.97 Å². The van der Waals surface area contributed by atoms with Crippen LogP contribution in [0.2, 0.25) is 0 Å². The van der Waals surface area contributed by atoms with Crippen LogP contribution in [0.3, 0.4) is 0 Å². The molecule has 1 aromatic heterocycles. The number of hydrogen-bond donors (Lipinski definition) is 5. The van der Waals surface area contributed by atoms with Crippen LogP contribution in [0.15, 0.2) is 30.5 Å². The summed E-state index contributed by atoms with van der Waals surface area (Å²) in [4.78, 5) is 39.1. The zero-order chi connectivity index (χ0) is 20.8. The smallest absolute Gasteiger partial charge is 0.325 e. The molecule has 1 aromatic carbocycles. The second-order valence-corrected chi connectivity index (χ2v) is 7.43. The molecule has 6 N–H and O–H groups in total. The fraction of sp³-hybridized carbons (Fsp3) is 0.450. The van der Waals surface area contributed by atoms with Crippen molar-refractivity contribution in [2.45, 2.75) is 51.7 Å². The van der Waals surface area contributed by atoms with Gasteiger partial charge in [0.15, 0.2) is 0 Å². The summed E-state index contributed by atoms with van der Waals surface area (Å²) < 4.78 is 0. The van der Waals surface area contributed by atoms with Crippen LogP contribution in [0.25, 0.3) is 10.9 Å². The molecule has 0 bridgehead atoms. The number of carbonyl (C=O) groups is 3. The summed E-state index contributed by atoms with van der Waals surface area (Å²) in [6, 6.07) is 5.01. The van der Waals surface area contributed by atoms with Crippen molar-refractivity contribution >= 4 is 28.7 Å². The lowest BCUT2D eigenvalue weighted by Gasteiger charge is -2.23. The van der Waals surface area contributed by atoms with Crippen molar-refractivity contribution in [3.8, 4) is 0 Å². The Hall–Kier alpha value is -2.87. The standard InChI is InChI=1S/C20H28N4O4/c1-11(2)8-17(19(26)23-12(3)20(27)28)24-18(25)15(21)9-13-10-22-16-7-5-4-6-14(13)16/h4-7,10-12,15,17,22H,8-9,21H2,1-3H3,(H,23,26)(H,24,25)(H,27,28)/t12-,15-,17-/m0/s1. The SMILES string of the molecule is CC(C)C[C@H](NC(=O)[C@@H](N)Cc1c[nH]c2ccccc12)C(=O)N[C@@H](C)C(=O)O. The predicted molar refractivity (Wildman–Crippen MR) is 107 cm³/mol. The molecule has 0 saturated carbocycles. The predicted octanol–water partition coefficient (Wildman–Crippen LogP) is 1.16. The van der Waals surface area contributed by atoms with Gasteiger partial charge in [0.1, 0.15) is 12.1 Å². The number of rotatable bonds is 9. The molecule has 0 aliphatic rings. The number of nitrogens with one attached hydrogen (secondary N) is 3. The quantitative estimate of drug-likeness (QED) is 0.439. The lowest BCUT2D eigenvalue weighted by Crippen LogP contribution is -2.54. The molecule has 3 atom stereocenters. The van der Waals surface area contributed by atoms with Crippen LogP contribution < -0.4 is 16.4 Å².